The van der Waals surface area contributed by atoms with Crippen LogP contribution in [0.15, 0.2) is 41.3 Å². The average Bonchev–Trinajstić information content (AvgIpc) is 2.83. The van der Waals surface area contributed by atoms with E-state index >= 15 is 0 Å². The van der Waals surface area contributed by atoms with Crippen LogP contribution in [0.3, 0.4) is 0 Å². The molecule has 2 aliphatic heterocycles. The van der Waals surface area contributed by atoms with Gasteiger partial charge in [0.1, 0.15) is 4.90 Å². The Morgan fingerprint density at radius 1 is 0.812 bits per heavy atom. The first kappa shape index (κ1) is 22.6. The van der Waals surface area contributed by atoms with Crippen LogP contribution in [0.25, 0.3) is 0 Å². The molecular weight excluding hydrogens is 447 g/mol. The predicted molar refractivity (Wildman–Crippen MR) is 110 cm³/mol. The number of morpholine rings is 1. The summed E-state index contributed by atoms with van der Waals surface area (Å²) in [5, 5.41) is 0. The van der Waals surface area contributed by atoms with Crippen molar-refractivity contribution in [3.05, 3.63) is 59.4 Å². The van der Waals surface area contributed by atoms with E-state index in [1.807, 2.05) is 12.1 Å². The zero-order chi connectivity index (χ0) is 22.9. The third kappa shape index (κ3) is 4.32. The van der Waals surface area contributed by atoms with E-state index in [-0.39, 0.29) is 32.1 Å². The van der Waals surface area contributed by atoms with Crippen LogP contribution in [0, 0.1) is 17.5 Å². The number of sulfonamides is 1. The molecule has 7 nitrogen and oxygen atoms in total. The Labute approximate surface area is 184 Å². The number of amides is 1. The molecule has 2 aromatic rings. The molecule has 0 aliphatic carbocycles. The number of rotatable bonds is 4. The third-order valence-electron chi connectivity index (χ3n) is 5.63. The largest absolute Gasteiger partial charge is 0.378 e. The summed E-state index contributed by atoms with van der Waals surface area (Å²) in [7, 11) is -4.37. The fourth-order valence-electron chi connectivity index (χ4n) is 3.80. The molecule has 0 bridgehead atoms. The maximum atomic E-state index is 14.0. The zero-order valence-corrected chi connectivity index (χ0v) is 18.0. The van der Waals surface area contributed by atoms with Gasteiger partial charge < -0.3 is 14.5 Å². The van der Waals surface area contributed by atoms with E-state index in [1.54, 1.807) is 12.1 Å². The lowest BCUT2D eigenvalue weighted by molar-refractivity contribution is 0.0697. The van der Waals surface area contributed by atoms with Gasteiger partial charge in [-0.15, -0.1) is 0 Å². The monoisotopic (exact) mass is 469 g/mol. The fraction of sp³-hybridized carbons (Fsp3) is 0.381. The maximum absolute atomic E-state index is 14.0. The summed E-state index contributed by atoms with van der Waals surface area (Å²) in [5.74, 6) is -5.28. The highest BCUT2D eigenvalue weighted by Gasteiger charge is 2.33. The fourth-order valence-corrected chi connectivity index (χ4v) is 5.28. The molecule has 2 aliphatic rings. The van der Waals surface area contributed by atoms with Crippen molar-refractivity contribution < 1.29 is 31.1 Å². The minimum Gasteiger partial charge on any atom is -0.378 e. The Bertz CT molecular complexity index is 1100. The molecule has 0 spiro atoms. The molecule has 2 heterocycles. The van der Waals surface area contributed by atoms with Gasteiger partial charge in [0.25, 0.3) is 5.91 Å². The van der Waals surface area contributed by atoms with Gasteiger partial charge in [-0.25, -0.2) is 21.6 Å². The van der Waals surface area contributed by atoms with Crippen molar-refractivity contribution in [1.29, 1.82) is 0 Å². The second-order valence-electron chi connectivity index (χ2n) is 7.52. The molecule has 4 rings (SSSR count). The van der Waals surface area contributed by atoms with Crippen molar-refractivity contribution in [2.45, 2.75) is 4.90 Å². The topological polar surface area (TPSA) is 70.2 Å². The van der Waals surface area contributed by atoms with Gasteiger partial charge in [-0.3, -0.25) is 4.79 Å². The molecule has 1 amide bonds. The Morgan fingerprint density at radius 3 is 2.06 bits per heavy atom. The molecule has 0 N–H and O–H groups in total. The number of carbonyl (C=O) groups excluding carboxylic acids is 1. The van der Waals surface area contributed by atoms with Crippen molar-refractivity contribution in [2.24, 2.45) is 0 Å². The lowest BCUT2D eigenvalue weighted by atomic mass is 10.1. The van der Waals surface area contributed by atoms with Gasteiger partial charge in [-0.2, -0.15) is 4.31 Å². The van der Waals surface area contributed by atoms with Gasteiger partial charge in [0.05, 0.1) is 13.2 Å². The highest BCUT2D eigenvalue weighted by Crippen LogP contribution is 2.24. The van der Waals surface area contributed by atoms with E-state index in [2.05, 4.69) is 4.90 Å². The van der Waals surface area contributed by atoms with Crippen LogP contribution in [0.5, 0.6) is 0 Å². The number of nitrogens with zero attached hydrogens (tertiary/aromatic N) is 3. The van der Waals surface area contributed by atoms with Gasteiger partial charge in [0.15, 0.2) is 17.5 Å². The van der Waals surface area contributed by atoms with Crippen molar-refractivity contribution in [1.82, 2.24) is 9.21 Å². The molecule has 0 atom stereocenters. The van der Waals surface area contributed by atoms with Crippen LogP contribution in [-0.4, -0.2) is 76.0 Å². The highest BCUT2D eigenvalue weighted by atomic mass is 32.2. The van der Waals surface area contributed by atoms with Crippen molar-refractivity contribution >= 4 is 21.6 Å². The summed E-state index contributed by atoms with van der Waals surface area (Å²) in [6, 6.07) is 8.47. The number of anilines is 1. The van der Waals surface area contributed by atoms with E-state index in [0.29, 0.717) is 30.9 Å². The molecule has 0 aromatic heterocycles. The standard InChI is InChI=1S/C21H22F3N3O4S/c22-17-5-6-18(20(24)19(17)23)32(29,30)27-9-7-26(8-10-27)21(28)15-1-3-16(4-2-15)25-11-13-31-14-12-25/h1-6H,7-14H2. The highest BCUT2D eigenvalue weighted by molar-refractivity contribution is 7.89. The van der Waals surface area contributed by atoms with Gasteiger partial charge >= 0.3 is 0 Å². The number of halogens is 3. The third-order valence-corrected chi connectivity index (χ3v) is 7.55. The molecular formula is C21H22F3N3O4S. The first-order chi connectivity index (χ1) is 15.3. The molecule has 2 aromatic carbocycles. The van der Waals surface area contributed by atoms with Crippen molar-refractivity contribution in [3.8, 4) is 0 Å². The minimum atomic E-state index is -4.37. The number of carbonyl (C=O) groups is 1. The average molecular weight is 469 g/mol. The molecule has 11 heteroatoms. The quantitative estimate of drug-likeness (QED) is 0.642. The number of ether oxygens (including phenoxy) is 1. The minimum absolute atomic E-state index is 0.0850. The predicted octanol–water partition coefficient (Wildman–Crippen LogP) is 2.09. The molecule has 172 valence electrons. The number of piperazine rings is 1. The van der Waals surface area contributed by atoms with E-state index in [1.165, 1.54) is 4.90 Å². The Balaban J connectivity index is 1.41. The first-order valence-electron chi connectivity index (χ1n) is 10.1. The van der Waals surface area contributed by atoms with Gasteiger partial charge in [-0.05, 0) is 36.4 Å². The number of hydrogen-bond acceptors (Lipinski definition) is 5. The second-order valence-corrected chi connectivity index (χ2v) is 9.42. The summed E-state index contributed by atoms with van der Waals surface area (Å²) in [6.07, 6.45) is 0. The summed E-state index contributed by atoms with van der Waals surface area (Å²) >= 11 is 0. The Hall–Kier alpha value is -2.63. The van der Waals surface area contributed by atoms with Crippen LogP contribution >= 0.6 is 0 Å². The SMILES string of the molecule is O=C(c1ccc(N2CCOCC2)cc1)N1CCN(S(=O)(=O)c2ccc(F)c(F)c2F)CC1. The summed E-state index contributed by atoms with van der Waals surface area (Å²) < 4.78 is 72.3. The lowest BCUT2D eigenvalue weighted by Crippen LogP contribution is -2.50. The number of benzene rings is 2. The second kappa shape index (κ2) is 9.08. The molecule has 0 radical (unpaired) electrons. The molecule has 0 saturated carbocycles. The molecule has 2 fully saturated rings. The van der Waals surface area contributed by atoms with Gasteiger partial charge in [0, 0.05) is 50.5 Å². The van der Waals surface area contributed by atoms with Crippen LogP contribution in [0.4, 0.5) is 18.9 Å². The van der Waals surface area contributed by atoms with E-state index in [9.17, 15) is 26.4 Å². The Morgan fingerprint density at radius 2 is 1.44 bits per heavy atom. The van der Waals surface area contributed by atoms with Crippen LogP contribution < -0.4 is 4.90 Å². The molecule has 32 heavy (non-hydrogen) atoms. The normalized spacial score (nSPS) is 18.1. The van der Waals surface area contributed by atoms with E-state index < -0.39 is 32.4 Å². The zero-order valence-electron chi connectivity index (χ0n) is 17.1. The van der Waals surface area contributed by atoms with E-state index in [4.69, 9.17) is 4.74 Å². The van der Waals surface area contributed by atoms with Crippen LogP contribution in [0.1, 0.15) is 10.4 Å². The maximum Gasteiger partial charge on any atom is 0.253 e. The Kier molecular flexibility index (Phi) is 6.40. The van der Waals surface area contributed by atoms with Crippen LogP contribution in [-0.2, 0) is 14.8 Å². The van der Waals surface area contributed by atoms with Crippen LogP contribution in [0.2, 0.25) is 0 Å². The summed E-state index contributed by atoms with van der Waals surface area (Å²) in [5.41, 5.74) is 1.47. The van der Waals surface area contributed by atoms with E-state index in [0.717, 1.165) is 23.1 Å². The number of hydrogen-bond donors (Lipinski definition) is 0. The smallest absolute Gasteiger partial charge is 0.253 e. The first-order valence-corrected chi connectivity index (χ1v) is 11.6. The van der Waals surface area contributed by atoms with Crippen molar-refractivity contribution in [3.63, 3.8) is 0 Å². The van der Waals surface area contributed by atoms with Gasteiger partial charge in [0.2, 0.25) is 10.0 Å². The molecule has 0 unspecified atom stereocenters. The lowest BCUT2D eigenvalue weighted by Gasteiger charge is -2.34. The van der Waals surface area contributed by atoms with Crippen molar-refractivity contribution in [2.75, 3.05) is 57.4 Å². The summed E-state index contributed by atoms with van der Waals surface area (Å²) in [6.45, 7) is 2.88. The summed E-state index contributed by atoms with van der Waals surface area (Å²) in [4.78, 5) is 15.6. The molecule has 2 saturated heterocycles. The van der Waals surface area contributed by atoms with Gasteiger partial charge in [-0.1, -0.05) is 0 Å².